The lowest BCUT2D eigenvalue weighted by molar-refractivity contribution is 0.432. The van der Waals surface area contributed by atoms with Crippen molar-refractivity contribution < 1.29 is 0 Å². The molecule has 0 aliphatic heterocycles. The third kappa shape index (κ3) is 2.62. The monoisotopic (exact) mass is 258 g/mol. The molecule has 0 saturated heterocycles. The van der Waals surface area contributed by atoms with E-state index in [2.05, 4.69) is 40.8 Å². The topological polar surface area (TPSA) is 24.9 Å². The number of nitrogens with zero attached hydrogens (tertiary/aromatic N) is 1. The van der Waals surface area contributed by atoms with Crippen molar-refractivity contribution in [1.82, 2.24) is 10.3 Å². The van der Waals surface area contributed by atoms with Crippen LogP contribution in [0.15, 0.2) is 42.0 Å². The van der Waals surface area contributed by atoms with Crippen LogP contribution in [0.3, 0.4) is 0 Å². The predicted octanol–water partition coefficient (Wildman–Crippen LogP) is 3.95. The van der Waals surface area contributed by atoms with Gasteiger partial charge in [0.2, 0.25) is 0 Å². The van der Waals surface area contributed by atoms with Gasteiger partial charge in [-0.2, -0.15) is 0 Å². The summed E-state index contributed by atoms with van der Waals surface area (Å²) in [6.07, 6.45) is 6.49. The largest absolute Gasteiger partial charge is 0.302 e. The number of hydrogen-bond acceptors (Lipinski definition) is 3. The van der Waals surface area contributed by atoms with Crippen LogP contribution >= 0.6 is 11.3 Å². The molecule has 0 bridgehead atoms. The molecule has 0 aromatic carbocycles. The zero-order valence-electron chi connectivity index (χ0n) is 10.5. The number of hydrogen-bond donors (Lipinski definition) is 1. The fraction of sp³-hybridized carbons (Fsp3) is 0.400. The van der Waals surface area contributed by atoms with E-state index in [1.54, 1.807) is 0 Å². The Morgan fingerprint density at radius 3 is 2.83 bits per heavy atom. The molecule has 18 heavy (non-hydrogen) atoms. The summed E-state index contributed by atoms with van der Waals surface area (Å²) < 4.78 is 0. The van der Waals surface area contributed by atoms with Gasteiger partial charge in [0.1, 0.15) is 0 Å². The van der Waals surface area contributed by atoms with Gasteiger partial charge in [0.05, 0.1) is 0 Å². The highest BCUT2D eigenvalue weighted by Gasteiger charge is 2.33. The quantitative estimate of drug-likeness (QED) is 0.878. The first-order valence-corrected chi connectivity index (χ1v) is 7.42. The van der Waals surface area contributed by atoms with Gasteiger partial charge in [0.15, 0.2) is 0 Å². The fourth-order valence-corrected chi connectivity index (χ4v) is 3.22. The molecule has 2 heterocycles. The van der Waals surface area contributed by atoms with Crippen molar-refractivity contribution in [3.63, 3.8) is 0 Å². The SMILES string of the molecule is C[C@H](NC(c1cccs1)C1CC1)c1cccnc1. The lowest BCUT2D eigenvalue weighted by Crippen LogP contribution is -2.25. The number of thiophene rings is 1. The van der Waals surface area contributed by atoms with Crippen LogP contribution in [0.4, 0.5) is 0 Å². The van der Waals surface area contributed by atoms with Crippen LogP contribution in [0, 0.1) is 5.92 Å². The van der Waals surface area contributed by atoms with Crippen LogP contribution in [0.1, 0.15) is 42.3 Å². The molecule has 2 nitrogen and oxygen atoms in total. The van der Waals surface area contributed by atoms with E-state index in [0.29, 0.717) is 12.1 Å². The van der Waals surface area contributed by atoms with Crippen molar-refractivity contribution in [2.24, 2.45) is 5.92 Å². The first-order chi connectivity index (χ1) is 8.84. The van der Waals surface area contributed by atoms with Gasteiger partial charge in [0, 0.05) is 29.4 Å². The third-order valence-corrected chi connectivity index (χ3v) is 4.51. The summed E-state index contributed by atoms with van der Waals surface area (Å²) >= 11 is 1.86. The van der Waals surface area contributed by atoms with Gasteiger partial charge < -0.3 is 5.32 Å². The van der Waals surface area contributed by atoms with Crippen LogP contribution in [0.2, 0.25) is 0 Å². The van der Waals surface area contributed by atoms with Crippen molar-refractivity contribution >= 4 is 11.3 Å². The fourth-order valence-electron chi connectivity index (χ4n) is 2.35. The zero-order valence-corrected chi connectivity index (χ0v) is 11.4. The summed E-state index contributed by atoms with van der Waals surface area (Å²) in [6.45, 7) is 2.22. The zero-order chi connectivity index (χ0) is 12.4. The van der Waals surface area contributed by atoms with E-state index >= 15 is 0 Å². The van der Waals surface area contributed by atoms with Crippen molar-refractivity contribution in [2.45, 2.75) is 31.8 Å². The van der Waals surface area contributed by atoms with Crippen molar-refractivity contribution in [2.75, 3.05) is 0 Å². The third-order valence-electron chi connectivity index (χ3n) is 3.56. The van der Waals surface area contributed by atoms with Gasteiger partial charge in [0.25, 0.3) is 0 Å². The molecular weight excluding hydrogens is 240 g/mol. The van der Waals surface area contributed by atoms with Gasteiger partial charge in [-0.05, 0) is 48.8 Å². The van der Waals surface area contributed by atoms with E-state index in [-0.39, 0.29) is 0 Å². The molecular formula is C15H18N2S. The molecule has 0 spiro atoms. The molecule has 2 atom stereocenters. The average molecular weight is 258 g/mol. The molecule has 1 fully saturated rings. The van der Waals surface area contributed by atoms with Crippen molar-refractivity contribution in [1.29, 1.82) is 0 Å². The standard InChI is InChI=1S/C15H18N2S/c1-11(13-4-2-8-16-10-13)17-15(12-6-7-12)14-5-3-9-18-14/h2-5,8-12,15,17H,6-7H2,1H3/t11-,15?/m0/s1. The minimum atomic E-state index is 0.353. The highest BCUT2D eigenvalue weighted by molar-refractivity contribution is 7.10. The van der Waals surface area contributed by atoms with E-state index < -0.39 is 0 Å². The second-order valence-corrected chi connectivity index (χ2v) is 5.98. The number of aromatic nitrogens is 1. The first kappa shape index (κ1) is 11.9. The lowest BCUT2D eigenvalue weighted by atomic mass is 10.1. The molecule has 94 valence electrons. The maximum Gasteiger partial charge on any atom is 0.0448 e. The summed E-state index contributed by atoms with van der Waals surface area (Å²) in [5.74, 6) is 0.822. The molecule has 1 aliphatic carbocycles. The smallest absolute Gasteiger partial charge is 0.0448 e. The summed E-state index contributed by atoms with van der Waals surface area (Å²) in [5.41, 5.74) is 1.26. The summed E-state index contributed by atoms with van der Waals surface area (Å²) in [7, 11) is 0. The van der Waals surface area contributed by atoms with Gasteiger partial charge >= 0.3 is 0 Å². The van der Waals surface area contributed by atoms with Gasteiger partial charge in [-0.25, -0.2) is 0 Å². The number of nitrogens with one attached hydrogen (secondary N) is 1. The first-order valence-electron chi connectivity index (χ1n) is 6.54. The van der Waals surface area contributed by atoms with E-state index in [1.165, 1.54) is 23.3 Å². The molecule has 3 heteroatoms. The minimum Gasteiger partial charge on any atom is -0.302 e. The number of rotatable bonds is 5. The minimum absolute atomic E-state index is 0.353. The van der Waals surface area contributed by atoms with Gasteiger partial charge in [-0.3, -0.25) is 4.98 Å². The van der Waals surface area contributed by atoms with E-state index in [4.69, 9.17) is 0 Å². The normalized spacial score (nSPS) is 18.5. The lowest BCUT2D eigenvalue weighted by Gasteiger charge is -2.22. The maximum absolute atomic E-state index is 4.20. The van der Waals surface area contributed by atoms with Gasteiger partial charge in [-0.1, -0.05) is 12.1 Å². The Labute approximate surface area is 112 Å². The van der Waals surface area contributed by atoms with E-state index in [1.807, 2.05) is 29.8 Å². The Balaban J connectivity index is 1.73. The van der Waals surface area contributed by atoms with Crippen LogP contribution in [-0.2, 0) is 0 Å². The van der Waals surface area contributed by atoms with Crippen molar-refractivity contribution in [3.8, 4) is 0 Å². The Bertz CT molecular complexity index is 476. The summed E-state index contributed by atoms with van der Waals surface area (Å²) in [5, 5.41) is 5.94. The van der Waals surface area contributed by atoms with Gasteiger partial charge in [-0.15, -0.1) is 11.3 Å². The van der Waals surface area contributed by atoms with Crippen LogP contribution in [-0.4, -0.2) is 4.98 Å². The average Bonchev–Trinajstić information content (AvgIpc) is 3.11. The Hall–Kier alpha value is -1.19. The van der Waals surface area contributed by atoms with E-state index in [9.17, 15) is 0 Å². The molecule has 0 radical (unpaired) electrons. The van der Waals surface area contributed by atoms with Crippen molar-refractivity contribution in [3.05, 3.63) is 52.5 Å². The highest BCUT2D eigenvalue weighted by Crippen LogP contribution is 2.43. The molecule has 2 aromatic rings. The molecule has 0 amide bonds. The highest BCUT2D eigenvalue weighted by atomic mass is 32.1. The molecule has 1 aliphatic rings. The molecule has 1 saturated carbocycles. The summed E-state index contributed by atoms with van der Waals surface area (Å²) in [6, 6.07) is 9.41. The maximum atomic E-state index is 4.20. The number of pyridine rings is 1. The molecule has 1 N–H and O–H groups in total. The Kier molecular flexibility index (Phi) is 3.43. The Morgan fingerprint density at radius 1 is 1.33 bits per heavy atom. The van der Waals surface area contributed by atoms with Crippen LogP contribution < -0.4 is 5.32 Å². The molecule has 3 rings (SSSR count). The second kappa shape index (κ2) is 5.21. The second-order valence-electron chi connectivity index (χ2n) is 5.01. The predicted molar refractivity (Wildman–Crippen MR) is 75.6 cm³/mol. The summed E-state index contributed by atoms with van der Waals surface area (Å²) in [4.78, 5) is 5.66. The Morgan fingerprint density at radius 2 is 2.22 bits per heavy atom. The van der Waals surface area contributed by atoms with Crippen LogP contribution in [0.25, 0.3) is 0 Å². The van der Waals surface area contributed by atoms with E-state index in [0.717, 1.165) is 5.92 Å². The molecule has 1 unspecified atom stereocenters. The van der Waals surface area contributed by atoms with Crippen LogP contribution in [0.5, 0.6) is 0 Å². The molecule has 2 aromatic heterocycles.